The number of aromatic hydroxyl groups is 2. The van der Waals surface area contributed by atoms with E-state index in [0.717, 1.165) is 12.1 Å². The van der Waals surface area contributed by atoms with Crippen molar-refractivity contribution in [3.8, 4) is 11.5 Å². The fourth-order valence-corrected chi connectivity index (χ4v) is 3.87. The number of ketones is 2. The number of anilines is 2. The summed E-state index contributed by atoms with van der Waals surface area (Å²) < 4.78 is 0. The molecule has 0 aromatic heterocycles. The molecule has 0 heterocycles. The quantitative estimate of drug-likeness (QED) is 0.168. The van der Waals surface area contributed by atoms with Crippen molar-refractivity contribution in [2.45, 2.75) is 5.92 Å². The van der Waals surface area contributed by atoms with E-state index in [1.54, 1.807) is 24.3 Å². The maximum absolute atomic E-state index is 13.3. The second-order valence-corrected chi connectivity index (χ2v) is 7.46. The number of aliphatic hydroxyl groups is 2. The van der Waals surface area contributed by atoms with Gasteiger partial charge in [-0.1, -0.05) is 12.1 Å². The number of nitro benzene ring substituents is 1. The SMILES string of the molecule is O=C1c2c(O)ccc(Nc3ccc(C(CO)CO)cc3)c2C(=O)c2c([N+](=O)[O-])ccc(O)c21. The van der Waals surface area contributed by atoms with E-state index in [9.17, 15) is 40.1 Å². The van der Waals surface area contributed by atoms with Crippen LogP contribution in [0.2, 0.25) is 0 Å². The first-order valence-electron chi connectivity index (χ1n) is 9.82. The molecule has 0 bridgehead atoms. The van der Waals surface area contributed by atoms with Crippen LogP contribution in [0.25, 0.3) is 0 Å². The lowest BCUT2D eigenvalue weighted by atomic mass is 9.81. The minimum Gasteiger partial charge on any atom is -0.507 e. The molecule has 5 N–H and O–H groups in total. The molecule has 4 rings (SSSR count). The minimum absolute atomic E-state index is 0.123. The normalized spacial score (nSPS) is 12.5. The number of phenols is 2. The monoisotopic (exact) mass is 450 g/mol. The van der Waals surface area contributed by atoms with Crippen LogP contribution in [0, 0.1) is 10.1 Å². The molecule has 1 aliphatic carbocycles. The molecule has 168 valence electrons. The van der Waals surface area contributed by atoms with Crippen LogP contribution in [0.4, 0.5) is 17.1 Å². The van der Waals surface area contributed by atoms with Gasteiger partial charge in [-0.25, -0.2) is 0 Å². The number of carbonyl (C=O) groups is 2. The van der Waals surface area contributed by atoms with Gasteiger partial charge in [-0.05, 0) is 35.9 Å². The summed E-state index contributed by atoms with van der Waals surface area (Å²) >= 11 is 0. The van der Waals surface area contributed by atoms with Crippen LogP contribution in [0.1, 0.15) is 43.3 Å². The highest BCUT2D eigenvalue weighted by molar-refractivity contribution is 6.33. The first-order valence-corrected chi connectivity index (χ1v) is 9.82. The van der Waals surface area contributed by atoms with E-state index >= 15 is 0 Å². The van der Waals surface area contributed by atoms with Gasteiger partial charge in [0.05, 0.1) is 40.5 Å². The van der Waals surface area contributed by atoms with E-state index < -0.39 is 50.7 Å². The van der Waals surface area contributed by atoms with Crippen molar-refractivity contribution in [2.75, 3.05) is 18.5 Å². The van der Waals surface area contributed by atoms with E-state index in [2.05, 4.69) is 5.32 Å². The Morgan fingerprint density at radius 2 is 1.33 bits per heavy atom. The molecule has 10 nitrogen and oxygen atoms in total. The Labute approximate surface area is 186 Å². The minimum atomic E-state index is -0.911. The number of hydrogen-bond acceptors (Lipinski definition) is 9. The molecule has 0 spiro atoms. The molecule has 33 heavy (non-hydrogen) atoms. The van der Waals surface area contributed by atoms with Crippen molar-refractivity contribution in [1.29, 1.82) is 0 Å². The molecule has 0 radical (unpaired) electrons. The molecule has 0 atom stereocenters. The summed E-state index contributed by atoms with van der Waals surface area (Å²) in [5.41, 5.74) is -1.04. The molecule has 1 aliphatic rings. The third-order valence-corrected chi connectivity index (χ3v) is 5.55. The van der Waals surface area contributed by atoms with Crippen molar-refractivity contribution in [3.05, 3.63) is 86.5 Å². The van der Waals surface area contributed by atoms with Crippen molar-refractivity contribution in [2.24, 2.45) is 0 Å². The maximum Gasteiger partial charge on any atom is 0.281 e. The van der Waals surface area contributed by atoms with Crippen LogP contribution in [0.5, 0.6) is 11.5 Å². The number of phenolic OH excluding ortho intramolecular Hbond substituents is 2. The van der Waals surface area contributed by atoms with Gasteiger partial charge < -0.3 is 25.7 Å². The van der Waals surface area contributed by atoms with Gasteiger partial charge in [0, 0.05) is 17.7 Å². The summed E-state index contributed by atoms with van der Waals surface area (Å²) in [6, 6.07) is 11.0. The van der Waals surface area contributed by atoms with Crippen molar-refractivity contribution in [1.82, 2.24) is 0 Å². The molecule has 3 aromatic carbocycles. The number of nitrogens with one attached hydrogen (secondary N) is 1. The van der Waals surface area contributed by atoms with Gasteiger partial charge in [-0.15, -0.1) is 0 Å². The third-order valence-electron chi connectivity index (χ3n) is 5.55. The van der Waals surface area contributed by atoms with Crippen molar-refractivity contribution in [3.63, 3.8) is 0 Å². The lowest BCUT2D eigenvalue weighted by Crippen LogP contribution is -2.23. The van der Waals surface area contributed by atoms with Crippen molar-refractivity contribution >= 4 is 28.6 Å². The summed E-state index contributed by atoms with van der Waals surface area (Å²) in [7, 11) is 0. The smallest absolute Gasteiger partial charge is 0.281 e. The van der Waals surface area contributed by atoms with Crippen LogP contribution in [-0.4, -0.2) is 50.1 Å². The van der Waals surface area contributed by atoms with Gasteiger partial charge >= 0.3 is 0 Å². The Bertz CT molecular complexity index is 1300. The van der Waals surface area contributed by atoms with E-state index in [4.69, 9.17) is 0 Å². The van der Waals surface area contributed by atoms with Crippen LogP contribution >= 0.6 is 0 Å². The lowest BCUT2D eigenvalue weighted by molar-refractivity contribution is -0.385. The molecule has 0 saturated heterocycles. The molecule has 3 aromatic rings. The fourth-order valence-electron chi connectivity index (χ4n) is 3.87. The highest BCUT2D eigenvalue weighted by Crippen LogP contribution is 2.43. The Hall–Kier alpha value is -4.28. The number of carbonyl (C=O) groups excluding carboxylic acids is 2. The van der Waals surface area contributed by atoms with Crippen molar-refractivity contribution < 1.29 is 34.9 Å². The first kappa shape index (κ1) is 21.9. The number of hydrogen-bond donors (Lipinski definition) is 5. The molecule has 0 saturated carbocycles. The summed E-state index contributed by atoms with van der Waals surface area (Å²) in [5, 5.41) is 53.6. The molecule has 10 heteroatoms. The maximum atomic E-state index is 13.3. The number of aliphatic hydroxyl groups excluding tert-OH is 2. The predicted octanol–water partition coefficient (Wildman–Crippen LogP) is 2.59. The largest absolute Gasteiger partial charge is 0.507 e. The van der Waals surface area contributed by atoms with Crippen LogP contribution in [0.15, 0.2) is 48.5 Å². The van der Waals surface area contributed by atoms with Gasteiger partial charge in [0.25, 0.3) is 5.69 Å². The zero-order chi connectivity index (χ0) is 23.9. The average molecular weight is 450 g/mol. The summed E-state index contributed by atoms with van der Waals surface area (Å²) in [5.74, 6) is -3.36. The van der Waals surface area contributed by atoms with Crippen LogP contribution in [0.3, 0.4) is 0 Å². The number of rotatable bonds is 6. The molecular formula is C23H18N2O8. The first-order chi connectivity index (χ1) is 15.8. The van der Waals surface area contributed by atoms with E-state index in [1.807, 2.05) is 0 Å². The number of fused-ring (bicyclic) bond motifs is 2. The molecule has 0 aliphatic heterocycles. The highest BCUT2D eigenvalue weighted by Gasteiger charge is 2.40. The fraction of sp³-hybridized carbons (Fsp3) is 0.130. The summed E-state index contributed by atoms with van der Waals surface area (Å²) in [6.45, 7) is -0.479. The Balaban J connectivity index is 1.82. The van der Waals surface area contributed by atoms with E-state index in [-0.39, 0.29) is 30.0 Å². The van der Waals surface area contributed by atoms with Gasteiger partial charge in [-0.3, -0.25) is 19.7 Å². The van der Waals surface area contributed by atoms with Crippen LogP contribution < -0.4 is 5.32 Å². The summed E-state index contributed by atoms with van der Waals surface area (Å²) in [4.78, 5) is 37.1. The number of nitro groups is 1. The average Bonchev–Trinajstić information content (AvgIpc) is 2.80. The lowest BCUT2D eigenvalue weighted by Gasteiger charge is -2.22. The predicted molar refractivity (Wildman–Crippen MR) is 116 cm³/mol. The van der Waals surface area contributed by atoms with Gasteiger partial charge in [0.2, 0.25) is 11.6 Å². The topological polar surface area (TPSA) is 170 Å². The molecule has 0 unspecified atom stereocenters. The van der Waals surface area contributed by atoms with Gasteiger partial charge in [0.15, 0.2) is 0 Å². The Kier molecular flexibility index (Phi) is 5.54. The zero-order valence-corrected chi connectivity index (χ0v) is 17.0. The standard InChI is InChI=1S/C23H18N2O8/c26-9-12(10-27)11-1-3-13(4-2-11)24-14-5-7-16(28)20-18(14)22(30)19-15(25(32)33)6-8-17(29)21(19)23(20)31/h1-8,12,24,26-29H,9-10H2. The Morgan fingerprint density at radius 3 is 1.91 bits per heavy atom. The second kappa shape index (κ2) is 8.34. The van der Waals surface area contributed by atoms with E-state index in [0.29, 0.717) is 11.3 Å². The van der Waals surface area contributed by atoms with E-state index in [1.165, 1.54) is 12.1 Å². The van der Waals surface area contributed by atoms with Gasteiger partial charge in [-0.2, -0.15) is 0 Å². The highest BCUT2D eigenvalue weighted by atomic mass is 16.6. The molecule has 0 amide bonds. The summed E-state index contributed by atoms with van der Waals surface area (Å²) in [6.07, 6.45) is 0. The third kappa shape index (κ3) is 3.56. The zero-order valence-electron chi connectivity index (χ0n) is 17.0. The number of benzene rings is 3. The van der Waals surface area contributed by atoms with Crippen LogP contribution in [-0.2, 0) is 0 Å². The number of nitrogens with zero attached hydrogens (tertiary/aromatic N) is 1. The molecule has 0 fully saturated rings. The Morgan fingerprint density at radius 1 is 0.788 bits per heavy atom. The van der Waals surface area contributed by atoms with Gasteiger partial charge in [0.1, 0.15) is 17.1 Å². The molecular weight excluding hydrogens is 432 g/mol. The second-order valence-electron chi connectivity index (χ2n) is 7.46.